The highest BCUT2D eigenvalue weighted by Crippen LogP contribution is 2.13. The lowest BCUT2D eigenvalue weighted by Crippen LogP contribution is -2.02. The molecule has 2 aromatic rings. The van der Waals surface area contributed by atoms with Crippen LogP contribution in [0.5, 0.6) is 6.01 Å². The molecule has 0 radical (unpaired) electrons. The van der Waals surface area contributed by atoms with Gasteiger partial charge in [-0.2, -0.15) is 16.7 Å². The molecule has 4 heteroatoms. The van der Waals surface area contributed by atoms with Crippen LogP contribution in [-0.2, 0) is 0 Å². The lowest BCUT2D eigenvalue weighted by molar-refractivity contribution is 0.294. The molecule has 0 aliphatic carbocycles. The molecule has 0 bridgehead atoms. The molecule has 3 nitrogen and oxygen atoms in total. The highest BCUT2D eigenvalue weighted by Gasteiger charge is 1.99. The first kappa shape index (κ1) is 11.2. The van der Waals surface area contributed by atoms with Gasteiger partial charge < -0.3 is 4.74 Å². The van der Waals surface area contributed by atoms with Crippen LogP contribution in [0.1, 0.15) is 6.42 Å². The van der Waals surface area contributed by atoms with Crippen molar-refractivity contribution in [3.63, 3.8) is 0 Å². The van der Waals surface area contributed by atoms with Crippen molar-refractivity contribution < 1.29 is 4.74 Å². The fourth-order valence-electron chi connectivity index (χ4n) is 1.39. The Morgan fingerprint density at radius 1 is 1.31 bits per heavy atom. The van der Waals surface area contributed by atoms with Gasteiger partial charge in [0.05, 0.1) is 12.1 Å². The standard InChI is InChI=1S/C12H14N2OS/c1-16-8-4-7-15-12-13-9-10-5-2-3-6-11(10)14-12/h2-3,5-6,9H,4,7-8H2,1H3. The van der Waals surface area contributed by atoms with E-state index < -0.39 is 0 Å². The molecule has 0 saturated heterocycles. The van der Waals surface area contributed by atoms with Crippen LogP contribution in [0.2, 0.25) is 0 Å². The summed E-state index contributed by atoms with van der Waals surface area (Å²) in [5.41, 5.74) is 0.928. The third-order valence-corrected chi connectivity index (χ3v) is 2.89. The number of fused-ring (bicyclic) bond motifs is 1. The van der Waals surface area contributed by atoms with Crippen LogP contribution in [0.15, 0.2) is 30.5 Å². The summed E-state index contributed by atoms with van der Waals surface area (Å²) in [7, 11) is 0. The van der Waals surface area contributed by atoms with Crippen molar-refractivity contribution >= 4 is 22.7 Å². The van der Waals surface area contributed by atoms with E-state index in [1.165, 1.54) is 0 Å². The van der Waals surface area contributed by atoms with Crippen LogP contribution in [0.4, 0.5) is 0 Å². The van der Waals surface area contributed by atoms with Gasteiger partial charge >= 0.3 is 6.01 Å². The summed E-state index contributed by atoms with van der Waals surface area (Å²) in [6.07, 6.45) is 4.91. The lowest BCUT2D eigenvalue weighted by Gasteiger charge is -2.04. The van der Waals surface area contributed by atoms with Crippen molar-refractivity contribution in [2.24, 2.45) is 0 Å². The van der Waals surface area contributed by atoms with Crippen molar-refractivity contribution in [3.05, 3.63) is 30.5 Å². The second-order valence-corrected chi connectivity index (χ2v) is 4.39. The average Bonchev–Trinajstić information content (AvgIpc) is 2.34. The van der Waals surface area contributed by atoms with Crippen LogP contribution in [0.3, 0.4) is 0 Å². The molecule has 1 aromatic carbocycles. The minimum Gasteiger partial charge on any atom is -0.463 e. The summed E-state index contributed by atoms with van der Waals surface area (Å²) in [6.45, 7) is 0.680. The average molecular weight is 234 g/mol. The normalized spacial score (nSPS) is 10.6. The van der Waals surface area contributed by atoms with E-state index in [-0.39, 0.29) is 0 Å². The Morgan fingerprint density at radius 3 is 3.06 bits per heavy atom. The quantitative estimate of drug-likeness (QED) is 0.745. The Bertz CT molecular complexity index is 461. The van der Waals surface area contributed by atoms with E-state index in [0.29, 0.717) is 12.6 Å². The number of para-hydroxylation sites is 1. The van der Waals surface area contributed by atoms with Gasteiger partial charge in [0.2, 0.25) is 0 Å². The molecular weight excluding hydrogens is 220 g/mol. The number of ether oxygens (including phenoxy) is 1. The number of aromatic nitrogens is 2. The third-order valence-electron chi connectivity index (χ3n) is 2.19. The van der Waals surface area contributed by atoms with Crippen molar-refractivity contribution in [1.82, 2.24) is 9.97 Å². The van der Waals surface area contributed by atoms with E-state index in [2.05, 4.69) is 16.2 Å². The minimum atomic E-state index is 0.472. The van der Waals surface area contributed by atoms with Gasteiger partial charge in [-0.05, 0) is 24.5 Å². The zero-order valence-corrected chi connectivity index (χ0v) is 10.0. The number of benzene rings is 1. The number of hydrogen-bond acceptors (Lipinski definition) is 4. The molecule has 0 aliphatic heterocycles. The molecule has 84 valence electrons. The first-order chi connectivity index (χ1) is 7.90. The lowest BCUT2D eigenvalue weighted by atomic mass is 10.2. The Labute approximate surface area is 99.2 Å². The molecule has 2 rings (SSSR count). The first-order valence-corrected chi connectivity index (χ1v) is 6.63. The summed E-state index contributed by atoms with van der Waals surface area (Å²) >= 11 is 1.82. The number of rotatable bonds is 5. The first-order valence-electron chi connectivity index (χ1n) is 5.23. The van der Waals surface area contributed by atoms with Crippen LogP contribution in [0, 0.1) is 0 Å². The maximum atomic E-state index is 5.48. The van der Waals surface area contributed by atoms with Gasteiger partial charge in [0.15, 0.2) is 0 Å². The molecule has 0 unspecified atom stereocenters. The molecular formula is C12H14N2OS. The highest BCUT2D eigenvalue weighted by molar-refractivity contribution is 7.98. The largest absolute Gasteiger partial charge is 0.463 e. The Hall–Kier alpha value is -1.29. The van der Waals surface area contributed by atoms with E-state index in [1.54, 1.807) is 6.20 Å². The molecule has 16 heavy (non-hydrogen) atoms. The van der Waals surface area contributed by atoms with Gasteiger partial charge in [-0.1, -0.05) is 18.2 Å². The summed E-state index contributed by atoms with van der Waals surface area (Å²) in [5, 5.41) is 1.04. The van der Waals surface area contributed by atoms with Gasteiger partial charge in [-0.15, -0.1) is 0 Å². The molecule has 0 aliphatic rings. The van der Waals surface area contributed by atoms with Crippen LogP contribution in [-0.4, -0.2) is 28.6 Å². The minimum absolute atomic E-state index is 0.472. The van der Waals surface area contributed by atoms with Crippen LogP contribution < -0.4 is 4.74 Å². The summed E-state index contributed by atoms with van der Waals surface area (Å²) < 4.78 is 5.48. The fraction of sp³-hybridized carbons (Fsp3) is 0.333. The number of hydrogen-bond donors (Lipinski definition) is 0. The maximum absolute atomic E-state index is 5.48. The number of thioether (sulfide) groups is 1. The summed E-state index contributed by atoms with van der Waals surface area (Å²) in [6, 6.07) is 8.37. The van der Waals surface area contributed by atoms with Crippen molar-refractivity contribution in [2.75, 3.05) is 18.6 Å². The van der Waals surface area contributed by atoms with Gasteiger partial charge in [-0.3, -0.25) is 0 Å². The predicted octanol–water partition coefficient (Wildman–Crippen LogP) is 2.76. The smallest absolute Gasteiger partial charge is 0.316 e. The highest BCUT2D eigenvalue weighted by atomic mass is 32.2. The molecule has 1 heterocycles. The van der Waals surface area contributed by atoms with E-state index in [0.717, 1.165) is 23.1 Å². The molecule has 0 atom stereocenters. The molecule has 0 spiro atoms. The van der Waals surface area contributed by atoms with Crippen molar-refractivity contribution in [1.29, 1.82) is 0 Å². The fourth-order valence-corrected chi connectivity index (χ4v) is 1.80. The van der Waals surface area contributed by atoms with E-state index in [9.17, 15) is 0 Å². The summed E-state index contributed by atoms with van der Waals surface area (Å²) in [4.78, 5) is 8.50. The molecule has 1 aromatic heterocycles. The second kappa shape index (κ2) is 5.70. The van der Waals surface area contributed by atoms with Gasteiger partial charge in [0.25, 0.3) is 0 Å². The molecule has 0 saturated carbocycles. The van der Waals surface area contributed by atoms with Gasteiger partial charge in [0.1, 0.15) is 0 Å². The third kappa shape index (κ3) is 2.85. The molecule has 0 amide bonds. The Morgan fingerprint density at radius 2 is 2.19 bits per heavy atom. The predicted molar refractivity (Wildman–Crippen MR) is 68.0 cm³/mol. The SMILES string of the molecule is CSCCCOc1ncc2ccccc2n1. The van der Waals surface area contributed by atoms with E-state index in [1.807, 2.05) is 36.0 Å². The monoisotopic (exact) mass is 234 g/mol. The van der Waals surface area contributed by atoms with Crippen LogP contribution in [0.25, 0.3) is 10.9 Å². The van der Waals surface area contributed by atoms with Crippen molar-refractivity contribution in [2.45, 2.75) is 6.42 Å². The van der Waals surface area contributed by atoms with Crippen LogP contribution >= 0.6 is 11.8 Å². The topological polar surface area (TPSA) is 35.0 Å². The van der Waals surface area contributed by atoms with Gasteiger partial charge in [-0.25, -0.2) is 4.98 Å². The summed E-state index contributed by atoms with van der Waals surface area (Å²) in [5.74, 6) is 1.10. The van der Waals surface area contributed by atoms with Gasteiger partial charge in [0, 0.05) is 11.6 Å². The Balaban J connectivity index is 2.02. The molecule has 0 fully saturated rings. The van der Waals surface area contributed by atoms with E-state index in [4.69, 9.17) is 4.74 Å². The second-order valence-electron chi connectivity index (χ2n) is 3.41. The molecule has 0 N–H and O–H groups in total. The Kier molecular flexibility index (Phi) is 3.99. The number of nitrogens with zero attached hydrogens (tertiary/aromatic N) is 2. The zero-order chi connectivity index (χ0) is 11.2. The van der Waals surface area contributed by atoms with E-state index >= 15 is 0 Å². The maximum Gasteiger partial charge on any atom is 0.316 e. The zero-order valence-electron chi connectivity index (χ0n) is 9.22. The van der Waals surface area contributed by atoms with Crippen molar-refractivity contribution in [3.8, 4) is 6.01 Å².